The van der Waals surface area contributed by atoms with Crippen LogP contribution in [0.4, 0.5) is 4.39 Å². The highest BCUT2D eigenvalue weighted by atomic mass is 35.5. The van der Waals surface area contributed by atoms with Crippen LogP contribution in [0.2, 0.25) is 5.02 Å². The van der Waals surface area contributed by atoms with Gasteiger partial charge in [0.05, 0.1) is 11.1 Å². The van der Waals surface area contributed by atoms with Gasteiger partial charge in [0.2, 0.25) is 0 Å². The van der Waals surface area contributed by atoms with Crippen LogP contribution >= 0.6 is 22.9 Å². The number of benzene rings is 1. The van der Waals surface area contributed by atoms with Crippen molar-refractivity contribution in [2.24, 2.45) is 0 Å². The van der Waals surface area contributed by atoms with E-state index in [0.717, 1.165) is 4.88 Å². The van der Waals surface area contributed by atoms with Gasteiger partial charge in [-0.1, -0.05) is 29.8 Å². The van der Waals surface area contributed by atoms with Gasteiger partial charge in [0.25, 0.3) is 0 Å². The molecule has 1 unspecified atom stereocenters. The Morgan fingerprint density at radius 3 is 2.81 bits per heavy atom. The molecule has 0 radical (unpaired) electrons. The minimum atomic E-state index is -0.673. The van der Waals surface area contributed by atoms with Crippen LogP contribution in [0, 0.1) is 5.82 Å². The molecule has 0 aliphatic carbocycles. The summed E-state index contributed by atoms with van der Waals surface area (Å²) in [6.07, 6.45) is -0.430. The fourth-order valence-electron chi connectivity index (χ4n) is 1.50. The Labute approximate surface area is 102 Å². The molecule has 84 valence electrons. The molecule has 0 aliphatic rings. The molecule has 2 aromatic rings. The van der Waals surface area contributed by atoms with Crippen LogP contribution in [0.3, 0.4) is 0 Å². The summed E-state index contributed by atoms with van der Waals surface area (Å²) >= 11 is 7.12. The van der Waals surface area contributed by atoms with E-state index in [0.29, 0.717) is 5.56 Å². The molecule has 1 aromatic carbocycles. The van der Waals surface area contributed by atoms with E-state index in [2.05, 4.69) is 0 Å². The van der Waals surface area contributed by atoms with E-state index in [1.807, 2.05) is 17.5 Å². The molecule has 1 atom stereocenters. The maximum atomic E-state index is 13.6. The van der Waals surface area contributed by atoms with Crippen molar-refractivity contribution in [3.8, 4) is 0 Å². The zero-order valence-corrected chi connectivity index (χ0v) is 9.93. The summed E-state index contributed by atoms with van der Waals surface area (Å²) in [6.45, 7) is 0. The highest BCUT2D eigenvalue weighted by Crippen LogP contribution is 2.26. The summed E-state index contributed by atoms with van der Waals surface area (Å²) < 4.78 is 13.6. The lowest BCUT2D eigenvalue weighted by molar-refractivity contribution is 0.181. The smallest absolute Gasteiger partial charge is 0.145 e. The normalized spacial score (nSPS) is 12.7. The first-order chi connectivity index (χ1) is 7.68. The van der Waals surface area contributed by atoms with Crippen molar-refractivity contribution in [1.82, 2.24) is 0 Å². The van der Waals surface area contributed by atoms with Crippen LogP contribution in [-0.4, -0.2) is 5.11 Å². The van der Waals surface area contributed by atoms with Crippen molar-refractivity contribution in [2.45, 2.75) is 12.5 Å². The molecule has 1 heterocycles. The first-order valence-corrected chi connectivity index (χ1v) is 6.08. The van der Waals surface area contributed by atoms with E-state index in [-0.39, 0.29) is 11.4 Å². The van der Waals surface area contributed by atoms with Gasteiger partial charge in [0, 0.05) is 11.3 Å². The van der Waals surface area contributed by atoms with Gasteiger partial charge in [-0.25, -0.2) is 4.39 Å². The number of hydrogen-bond acceptors (Lipinski definition) is 2. The summed E-state index contributed by atoms with van der Waals surface area (Å²) in [6, 6.07) is 8.51. The maximum absolute atomic E-state index is 13.6. The first kappa shape index (κ1) is 11.6. The lowest BCUT2D eigenvalue weighted by Crippen LogP contribution is -2.01. The van der Waals surface area contributed by atoms with Gasteiger partial charge in [-0.3, -0.25) is 0 Å². The summed E-state index contributed by atoms with van der Waals surface area (Å²) in [7, 11) is 0. The van der Waals surface area contributed by atoms with Gasteiger partial charge in [-0.2, -0.15) is 0 Å². The summed E-state index contributed by atoms with van der Waals surface area (Å²) in [5.41, 5.74) is 0.438. The molecule has 0 spiro atoms. The van der Waals surface area contributed by atoms with Gasteiger partial charge in [-0.15, -0.1) is 11.3 Å². The molecule has 1 aromatic heterocycles. The molecule has 0 saturated carbocycles. The first-order valence-electron chi connectivity index (χ1n) is 4.83. The molecule has 0 aliphatic heterocycles. The number of rotatable bonds is 3. The second kappa shape index (κ2) is 4.95. The zero-order chi connectivity index (χ0) is 11.5. The standard InChI is InChI=1S/C12H10ClFOS/c13-9-4-1-3-8(12(9)14)7-10(15)11-5-2-6-16-11/h1-6,10,15H,7H2. The van der Waals surface area contributed by atoms with Crippen molar-refractivity contribution in [3.05, 3.63) is 57.0 Å². The molecular formula is C12H10ClFOS. The molecule has 0 amide bonds. The molecule has 1 nitrogen and oxygen atoms in total. The van der Waals surface area contributed by atoms with Crippen LogP contribution in [0.15, 0.2) is 35.7 Å². The highest BCUT2D eigenvalue weighted by molar-refractivity contribution is 7.10. The van der Waals surface area contributed by atoms with Crippen LogP contribution < -0.4 is 0 Å². The Morgan fingerprint density at radius 2 is 2.12 bits per heavy atom. The summed E-state index contributed by atoms with van der Waals surface area (Å²) in [4.78, 5) is 0.833. The SMILES string of the molecule is OC(Cc1cccc(Cl)c1F)c1cccs1. The molecule has 1 N–H and O–H groups in total. The fraction of sp³-hybridized carbons (Fsp3) is 0.167. The molecule has 4 heteroatoms. The van der Waals surface area contributed by atoms with Gasteiger partial charge in [0.1, 0.15) is 5.82 Å². The number of hydrogen-bond donors (Lipinski definition) is 1. The van der Waals surface area contributed by atoms with E-state index in [9.17, 15) is 9.50 Å². The summed E-state index contributed by atoms with van der Waals surface area (Å²) in [5.74, 6) is -0.445. The van der Waals surface area contributed by atoms with Gasteiger partial charge >= 0.3 is 0 Å². The van der Waals surface area contributed by atoms with E-state index in [1.54, 1.807) is 12.1 Å². The molecule has 0 bridgehead atoms. The predicted octanol–water partition coefficient (Wildman–Crippen LogP) is 3.82. The predicted molar refractivity (Wildman–Crippen MR) is 64.4 cm³/mol. The van der Waals surface area contributed by atoms with Gasteiger partial charge < -0.3 is 5.11 Å². The maximum Gasteiger partial charge on any atom is 0.145 e. The third kappa shape index (κ3) is 2.43. The van der Waals surface area contributed by atoms with Crippen molar-refractivity contribution in [1.29, 1.82) is 0 Å². The van der Waals surface area contributed by atoms with Crippen LogP contribution in [0.5, 0.6) is 0 Å². The van der Waals surface area contributed by atoms with E-state index >= 15 is 0 Å². The largest absolute Gasteiger partial charge is 0.387 e. The highest BCUT2D eigenvalue weighted by Gasteiger charge is 2.13. The number of aliphatic hydroxyl groups excluding tert-OH is 1. The quantitative estimate of drug-likeness (QED) is 0.885. The molecular weight excluding hydrogens is 247 g/mol. The van der Waals surface area contributed by atoms with Crippen LogP contribution in [0.25, 0.3) is 0 Å². The lowest BCUT2D eigenvalue weighted by Gasteiger charge is -2.09. The second-order valence-corrected chi connectivity index (χ2v) is 4.83. The summed E-state index contributed by atoms with van der Waals surface area (Å²) in [5, 5.41) is 11.9. The monoisotopic (exact) mass is 256 g/mol. The third-order valence-corrected chi connectivity index (χ3v) is 3.58. The molecule has 0 saturated heterocycles. The van der Waals surface area contributed by atoms with Crippen LogP contribution in [0.1, 0.15) is 16.5 Å². The van der Waals surface area contributed by atoms with E-state index in [1.165, 1.54) is 17.4 Å². The lowest BCUT2D eigenvalue weighted by atomic mass is 10.1. The number of thiophene rings is 1. The average Bonchev–Trinajstić information content (AvgIpc) is 2.78. The number of halogens is 2. The number of aliphatic hydroxyl groups is 1. The molecule has 0 fully saturated rings. The molecule has 16 heavy (non-hydrogen) atoms. The average molecular weight is 257 g/mol. The Morgan fingerprint density at radius 1 is 1.31 bits per heavy atom. The molecule has 2 rings (SSSR count). The van der Waals surface area contributed by atoms with Crippen molar-refractivity contribution in [2.75, 3.05) is 0 Å². The Balaban J connectivity index is 2.18. The Hall–Kier alpha value is -0.900. The van der Waals surface area contributed by atoms with Crippen LogP contribution in [-0.2, 0) is 6.42 Å². The topological polar surface area (TPSA) is 20.2 Å². The second-order valence-electron chi connectivity index (χ2n) is 3.45. The zero-order valence-electron chi connectivity index (χ0n) is 8.36. The van der Waals surface area contributed by atoms with Gasteiger partial charge in [-0.05, 0) is 23.1 Å². The fourth-order valence-corrected chi connectivity index (χ4v) is 2.40. The minimum absolute atomic E-state index is 0.0934. The third-order valence-electron chi connectivity index (χ3n) is 2.32. The van der Waals surface area contributed by atoms with Crippen molar-refractivity contribution >= 4 is 22.9 Å². The van der Waals surface area contributed by atoms with E-state index in [4.69, 9.17) is 11.6 Å². The van der Waals surface area contributed by atoms with E-state index < -0.39 is 11.9 Å². The van der Waals surface area contributed by atoms with Crippen molar-refractivity contribution < 1.29 is 9.50 Å². The van der Waals surface area contributed by atoms with Gasteiger partial charge in [0.15, 0.2) is 0 Å². The minimum Gasteiger partial charge on any atom is -0.387 e. The Bertz CT molecular complexity index is 470. The van der Waals surface area contributed by atoms with Crippen molar-refractivity contribution in [3.63, 3.8) is 0 Å². The Kier molecular flexibility index (Phi) is 3.59.